The molecule has 2 aromatic heterocycles. The lowest BCUT2D eigenvalue weighted by molar-refractivity contribution is -0.135. The third kappa shape index (κ3) is 5.09. The predicted molar refractivity (Wildman–Crippen MR) is 129 cm³/mol. The fraction of sp³-hybridized carbons (Fsp3) is 0.375. The Balaban J connectivity index is 1.23. The van der Waals surface area contributed by atoms with Crippen LogP contribution >= 0.6 is 0 Å². The Hall–Kier alpha value is -4.07. The molecule has 0 bridgehead atoms. The van der Waals surface area contributed by atoms with Gasteiger partial charge < -0.3 is 35.4 Å². The van der Waals surface area contributed by atoms with Crippen molar-refractivity contribution in [3.05, 3.63) is 54.1 Å². The zero-order valence-electron chi connectivity index (χ0n) is 19.6. The van der Waals surface area contributed by atoms with Crippen molar-refractivity contribution >= 4 is 34.6 Å². The van der Waals surface area contributed by atoms with Gasteiger partial charge in [0.15, 0.2) is 23.2 Å². The van der Waals surface area contributed by atoms with Crippen molar-refractivity contribution in [3.8, 4) is 0 Å². The van der Waals surface area contributed by atoms with Gasteiger partial charge in [0.1, 0.15) is 37.8 Å². The molecule has 13 heteroatoms. The number of benzene rings is 1. The van der Waals surface area contributed by atoms with Gasteiger partial charge in [-0.2, -0.15) is 0 Å². The fourth-order valence-corrected chi connectivity index (χ4v) is 4.53. The lowest BCUT2D eigenvalue weighted by atomic mass is 10.0. The van der Waals surface area contributed by atoms with E-state index in [1.807, 2.05) is 17.4 Å². The summed E-state index contributed by atoms with van der Waals surface area (Å²) in [5, 5.41) is 34.9. The third-order valence-corrected chi connectivity index (χ3v) is 6.35. The van der Waals surface area contributed by atoms with Gasteiger partial charge in [-0.05, 0) is 29.5 Å². The number of carbonyl (C=O) groups is 2. The first kappa shape index (κ1) is 24.6. The number of ether oxygens (including phenoxy) is 2. The number of carboxylic acid groups (broad SMARTS) is 1. The number of amides is 1. The van der Waals surface area contributed by atoms with E-state index in [1.165, 1.54) is 33.9 Å². The van der Waals surface area contributed by atoms with E-state index in [9.17, 15) is 19.8 Å². The first-order valence-electron chi connectivity index (χ1n) is 11.7. The number of aliphatic carboxylic acids is 1. The highest BCUT2D eigenvalue weighted by Crippen LogP contribution is 2.33. The largest absolute Gasteiger partial charge is 0.480 e. The van der Waals surface area contributed by atoms with Crippen molar-refractivity contribution in [2.45, 2.75) is 37.4 Å². The summed E-state index contributed by atoms with van der Waals surface area (Å²) in [6.45, 7) is -0.377. The minimum atomic E-state index is -1.36. The molecule has 0 radical (unpaired) electrons. The van der Waals surface area contributed by atoms with Crippen LogP contribution < -0.4 is 10.6 Å². The first-order chi connectivity index (χ1) is 17.9. The Morgan fingerprint density at radius 3 is 2.84 bits per heavy atom. The standard InChI is InChI=1S/C24H26N6O7/c31-17(32)9-26-24(35)36-10-16-19(33)20(34)23(37-16)30-12-29-18-21(27-11-28-22(18)30)25-8-7-14-6-5-13-3-1-2-4-15(13)14/h1-4,6,11-12,16,19-20,23,33-34H,5,7-10H2,(H,26,35)(H,31,32)(H,25,27,28)/t16-,19+,20?,23-/m1/s1. The Morgan fingerprint density at radius 2 is 2.00 bits per heavy atom. The van der Waals surface area contributed by atoms with Crippen molar-refractivity contribution in [2.75, 3.05) is 25.0 Å². The number of hydrogen-bond donors (Lipinski definition) is 5. The second-order valence-electron chi connectivity index (χ2n) is 8.71. The third-order valence-electron chi connectivity index (χ3n) is 6.35. The van der Waals surface area contributed by atoms with E-state index in [2.05, 4.69) is 38.5 Å². The van der Waals surface area contributed by atoms with Crippen LogP contribution in [0.25, 0.3) is 16.7 Å². The van der Waals surface area contributed by atoms with E-state index < -0.39 is 49.8 Å². The number of aliphatic hydroxyl groups excluding tert-OH is 2. The number of carboxylic acids is 1. The normalized spacial score (nSPS) is 22.5. The molecule has 1 aromatic carbocycles. The van der Waals surface area contributed by atoms with Crippen molar-refractivity contribution in [2.24, 2.45) is 0 Å². The fourth-order valence-electron chi connectivity index (χ4n) is 4.53. The molecular formula is C24H26N6O7. The van der Waals surface area contributed by atoms with Gasteiger partial charge in [0, 0.05) is 6.54 Å². The summed E-state index contributed by atoms with van der Waals surface area (Å²) in [7, 11) is 0. The molecule has 3 heterocycles. The minimum absolute atomic E-state index is 0.389. The van der Waals surface area contributed by atoms with Gasteiger partial charge in [0.2, 0.25) is 0 Å². The average Bonchev–Trinajstić information content (AvgIpc) is 3.58. The monoisotopic (exact) mass is 510 g/mol. The molecule has 194 valence electrons. The molecule has 5 rings (SSSR count). The molecule has 1 unspecified atom stereocenters. The van der Waals surface area contributed by atoms with Crippen LogP contribution in [-0.4, -0.2) is 84.9 Å². The highest BCUT2D eigenvalue weighted by atomic mass is 16.6. The number of imidazole rings is 1. The van der Waals surface area contributed by atoms with Gasteiger partial charge in [-0.25, -0.2) is 19.7 Å². The maximum absolute atomic E-state index is 11.6. The van der Waals surface area contributed by atoms with Crippen LogP contribution in [0, 0.1) is 0 Å². The molecular weight excluding hydrogens is 484 g/mol. The molecule has 1 amide bonds. The van der Waals surface area contributed by atoms with E-state index in [0.717, 1.165) is 12.8 Å². The number of aromatic nitrogens is 4. The maximum atomic E-state index is 11.6. The number of alkyl carbamates (subject to hydrolysis) is 1. The predicted octanol–water partition coefficient (Wildman–Crippen LogP) is 0.698. The molecule has 37 heavy (non-hydrogen) atoms. The highest BCUT2D eigenvalue weighted by Gasteiger charge is 2.45. The summed E-state index contributed by atoms with van der Waals surface area (Å²) < 4.78 is 12.1. The lowest BCUT2D eigenvalue weighted by Gasteiger charge is -2.16. The summed E-state index contributed by atoms with van der Waals surface area (Å²) in [6, 6.07) is 8.34. The number of aliphatic hydroxyl groups is 2. The number of allylic oxidation sites excluding steroid dienone is 1. The van der Waals surface area contributed by atoms with Gasteiger partial charge in [-0.1, -0.05) is 30.3 Å². The van der Waals surface area contributed by atoms with Crippen LogP contribution in [0.2, 0.25) is 0 Å². The Kier molecular flexibility index (Phi) is 6.99. The number of hydrogen-bond acceptors (Lipinski definition) is 10. The summed E-state index contributed by atoms with van der Waals surface area (Å²) in [6.07, 6.45) is 0.992. The number of anilines is 1. The second-order valence-corrected chi connectivity index (χ2v) is 8.71. The summed E-state index contributed by atoms with van der Waals surface area (Å²) in [5.41, 5.74) is 4.73. The van der Waals surface area contributed by atoms with Crippen molar-refractivity contribution in [1.82, 2.24) is 24.8 Å². The zero-order valence-corrected chi connectivity index (χ0v) is 19.6. The smallest absolute Gasteiger partial charge is 0.407 e. The molecule has 1 aliphatic carbocycles. The van der Waals surface area contributed by atoms with Crippen LogP contribution in [0.15, 0.2) is 43.0 Å². The van der Waals surface area contributed by atoms with Crippen LogP contribution in [0.4, 0.5) is 10.6 Å². The van der Waals surface area contributed by atoms with Crippen LogP contribution in [0.3, 0.4) is 0 Å². The van der Waals surface area contributed by atoms with Gasteiger partial charge in [-0.15, -0.1) is 0 Å². The van der Waals surface area contributed by atoms with Crippen molar-refractivity contribution in [3.63, 3.8) is 0 Å². The topological polar surface area (TPSA) is 181 Å². The maximum Gasteiger partial charge on any atom is 0.407 e. The number of nitrogens with one attached hydrogen (secondary N) is 2. The molecule has 2 aliphatic rings. The summed E-state index contributed by atoms with van der Waals surface area (Å²) in [5.74, 6) is -0.702. The Morgan fingerprint density at radius 1 is 1.16 bits per heavy atom. The van der Waals surface area contributed by atoms with Gasteiger partial charge in [0.05, 0.1) is 6.33 Å². The van der Waals surface area contributed by atoms with Crippen molar-refractivity contribution in [1.29, 1.82) is 0 Å². The number of carbonyl (C=O) groups excluding carboxylic acids is 1. The van der Waals surface area contributed by atoms with Gasteiger partial charge >= 0.3 is 12.1 Å². The number of nitrogens with zero attached hydrogens (tertiary/aromatic N) is 4. The molecule has 5 N–H and O–H groups in total. The molecule has 13 nitrogen and oxygen atoms in total. The summed E-state index contributed by atoms with van der Waals surface area (Å²) in [4.78, 5) is 35.1. The van der Waals surface area contributed by atoms with Crippen LogP contribution in [0.1, 0.15) is 23.8 Å². The van der Waals surface area contributed by atoms with Gasteiger partial charge in [0.25, 0.3) is 0 Å². The van der Waals surface area contributed by atoms with E-state index in [0.29, 0.717) is 23.5 Å². The lowest BCUT2D eigenvalue weighted by Crippen LogP contribution is -2.36. The van der Waals surface area contributed by atoms with E-state index in [4.69, 9.17) is 14.6 Å². The summed E-state index contributed by atoms with van der Waals surface area (Å²) >= 11 is 0. The number of fused-ring (bicyclic) bond motifs is 2. The minimum Gasteiger partial charge on any atom is -0.480 e. The average molecular weight is 511 g/mol. The molecule has 1 saturated heterocycles. The first-order valence-corrected chi connectivity index (χ1v) is 11.7. The molecule has 1 fully saturated rings. The number of rotatable bonds is 9. The van der Waals surface area contributed by atoms with E-state index >= 15 is 0 Å². The SMILES string of the molecule is O=C(O)CNC(=O)OC[C@H]1O[C@@H](n2cnc3c(NCCC4=CCc5ccccc54)ncnc32)C(O)[C@H]1O. The molecule has 0 saturated carbocycles. The zero-order chi connectivity index (χ0) is 25.9. The Bertz CT molecular complexity index is 1340. The second kappa shape index (κ2) is 10.5. The highest BCUT2D eigenvalue weighted by molar-refractivity contribution is 5.83. The quantitative estimate of drug-likeness (QED) is 0.273. The van der Waals surface area contributed by atoms with Crippen LogP contribution in [-0.2, 0) is 20.7 Å². The van der Waals surface area contributed by atoms with Gasteiger partial charge in [-0.3, -0.25) is 9.36 Å². The molecule has 1 aliphatic heterocycles. The molecule has 0 spiro atoms. The van der Waals surface area contributed by atoms with Crippen LogP contribution in [0.5, 0.6) is 0 Å². The van der Waals surface area contributed by atoms with Crippen molar-refractivity contribution < 1.29 is 34.4 Å². The molecule has 4 atom stereocenters. The van der Waals surface area contributed by atoms with E-state index in [-0.39, 0.29) is 0 Å². The van der Waals surface area contributed by atoms with E-state index in [1.54, 1.807) is 0 Å². The Labute approximate surface area is 210 Å². The molecule has 3 aromatic rings.